The first-order valence-corrected chi connectivity index (χ1v) is 4.68. The van der Waals surface area contributed by atoms with Gasteiger partial charge in [0.15, 0.2) is 0 Å². The van der Waals surface area contributed by atoms with Crippen LogP contribution in [0.25, 0.3) is 0 Å². The van der Waals surface area contributed by atoms with Crippen molar-refractivity contribution in [3.05, 3.63) is 0 Å². The zero-order chi connectivity index (χ0) is 10.5. The number of rotatable bonds is 6. The van der Waals surface area contributed by atoms with Gasteiger partial charge in [0.1, 0.15) is 0 Å². The van der Waals surface area contributed by atoms with E-state index in [9.17, 15) is 5.11 Å². The summed E-state index contributed by atoms with van der Waals surface area (Å²) in [6.45, 7) is 6.50. The van der Waals surface area contributed by atoms with Crippen LogP contribution in [0.3, 0.4) is 0 Å². The number of hydrogen-bond donors (Lipinski definition) is 4. The van der Waals surface area contributed by atoms with E-state index in [0.717, 1.165) is 0 Å². The van der Waals surface area contributed by atoms with Gasteiger partial charge in [0.2, 0.25) is 0 Å². The van der Waals surface area contributed by atoms with E-state index in [-0.39, 0.29) is 18.2 Å². The van der Waals surface area contributed by atoms with E-state index >= 15 is 0 Å². The van der Waals surface area contributed by atoms with Crippen molar-refractivity contribution in [2.45, 2.75) is 44.9 Å². The molecule has 5 N–H and O–H groups in total. The van der Waals surface area contributed by atoms with Crippen LogP contribution in [0.4, 0.5) is 0 Å². The van der Waals surface area contributed by atoms with Crippen LogP contribution in [-0.4, -0.2) is 41.0 Å². The summed E-state index contributed by atoms with van der Waals surface area (Å²) >= 11 is 0. The third-order valence-electron chi connectivity index (χ3n) is 1.89. The van der Waals surface area contributed by atoms with Gasteiger partial charge >= 0.3 is 0 Å². The van der Waals surface area contributed by atoms with E-state index in [1.54, 1.807) is 6.92 Å². The molecule has 4 heteroatoms. The van der Waals surface area contributed by atoms with Crippen LogP contribution >= 0.6 is 0 Å². The van der Waals surface area contributed by atoms with Gasteiger partial charge in [-0.05, 0) is 27.2 Å². The largest absolute Gasteiger partial charge is 0.392 e. The normalized spacial score (nSPS) is 17.1. The molecule has 0 fully saturated rings. The smallest absolute Gasteiger partial charge is 0.0679 e. The minimum atomic E-state index is -0.475. The van der Waals surface area contributed by atoms with Gasteiger partial charge < -0.3 is 21.3 Å². The number of nitrogens with one attached hydrogen (secondary N) is 1. The highest BCUT2D eigenvalue weighted by Gasteiger charge is 2.20. The molecular weight excluding hydrogens is 168 g/mol. The van der Waals surface area contributed by atoms with Gasteiger partial charge in [-0.15, -0.1) is 0 Å². The fourth-order valence-corrected chi connectivity index (χ4v) is 1.17. The Bertz CT molecular complexity index is 138. The van der Waals surface area contributed by atoms with Gasteiger partial charge in [0.05, 0.1) is 12.2 Å². The molecule has 0 saturated carbocycles. The summed E-state index contributed by atoms with van der Waals surface area (Å²) in [5.41, 5.74) is 5.12. The molecule has 0 aliphatic rings. The third-order valence-corrected chi connectivity index (χ3v) is 1.89. The van der Waals surface area contributed by atoms with Gasteiger partial charge in [-0.1, -0.05) is 0 Å². The Balaban J connectivity index is 3.79. The molecule has 2 unspecified atom stereocenters. The third kappa shape index (κ3) is 6.95. The van der Waals surface area contributed by atoms with Gasteiger partial charge in [-0.3, -0.25) is 0 Å². The minimum Gasteiger partial charge on any atom is -0.392 e. The van der Waals surface area contributed by atoms with E-state index in [1.807, 2.05) is 13.8 Å². The summed E-state index contributed by atoms with van der Waals surface area (Å²) in [5, 5.41) is 21.5. The summed E-state index contributed by atoms with van der Waals surface area (Å²) in [5.74, 6) is 0. The average molecular weight is 190 g/mol. The van der Waals surface area contributed by atoms with Crippen LogP contribution in [0, 0.1) is 0 Å². The van der Waals surface area contributed by atoms with Crippen LogP contribution in [0.2, 0.25) is 0 Å². The molecule has 0 aromatic rings. The molecule has 0 aliphatic carbocycles. The second-order valence-corrected chi connectivity index (χ2v) is 4.21. The van der Waals surface area contributed by atoms with Gasteiger partial charge in [-0.2, -0.15) is 0 Å². The van der Waals surface area contributed by atoms with Crippen LogP contribution < -0.4 is 11.1 Å². The molecule has 0 bridgehead atoms. The van der Waals surface area contributed by atoms with Crippen molar-refractivity contribution >= 4 is 0 Å². The molecule has 13 heavy (non-hydrogen) atoms. The Morgan fingerprint density at radius 2 is 1.92 bits per heavy atom. The van der Waals surface area contributed by atoms with Crippen LogP contribution in [0.15, 0.2) is 0 Å². The van der Waals surface area contributed by atoms with Gasteiger partial charge in [-0.25, -0.2) is 0 Å². The number of nitrogens with two attached hydrogens (primary N) is 1. The van der Waals surface area contributed by atoms with Crippen molar-refractivity contribution in [1.82, 2.24) is 5.32 Å². The van der Waals surface area contributed by atoms with E-state index < -0.39 is 6.10 Å². The van der Waals surface area contributed by atoms with Gasteiger partial charge in [0, 0.05) is 18.6 Å². The first-order valence-electron chi connectivity index (χ1n) is 4.68. The van der Waals surface area contributed by atoms with Crippen molar-refractivity contribution in [2.75, 3.05) is 13.1 Å². The van der Waals surface area contributed by atoms with E-state index in [4.69, 9.17) is 10.8 Å². The fraction of sp³-hybridized carbons (Fsp3) is 1.00. The number of aliphatic hydroxyl groups is 2. The molecule has 0 aromatic heterocycles. The fourth-order valence-electron chi connectivity index (χ4n) is 1.17. The lowest BCUT2D eigenvalue weighted by Crippen LogP contribution is -2.46. The summed E-state index contributed by atoms with van der Waals surface area (Å²) in [7, 11) is 0. The summed E-state index contributed by atoms with van der Waals surface area (Å²) < 4.78 is 0. The molecule has 80 valence electrons. The highest BCUT2D eigenvalue weighted by atomic mass is 16.3. The predicted octanol–water partition coefficient (Wildman–Crippen LogP) is -0.555. The molecule has 0 saturated heterocycles. The topological polar surface area (TPSA) is 78.5 Å². The zero-order valence-electron chi connectivity index (χ0n) is 8.75. The lowest BCUT2D eigenvalue weighted by Gasteiger charge is -2.29. The van der Waals surface area contributed by atoms with Crippen LogP contribution in [0.5, 0.6) is 0 Å². The second kappa shape index (κ2) is 5.54. The van der Waals surface area contributed by atoms with E-state index in [0.29, 0.717) is 13.0 Å². The first-order chi connectivity index (χ1) is 5.87. The lowest BCUT2D eigenvalue weighted by molar-refractivity contribution is 0.122. The summed E-state index contributed by atoms with van der Waals surface area (Å²) in [6, 6.07) is 0. The zero-order valence-corrected chi connectivity index (χ0v) is 8.75. The Morgan fingerprint density at radius 3 is 2.31 bits per heavy atom. The minimum absolute atomic E-state index is 0.185. The van der Waals surface area contributed by atoms with Crippen LogP contribution in [0.1, 0.15) is 27.2 Å². The maximum Gasteiger partial charge on any atom is 0.0679 e. The second-order valence-electron chi connectivity index (χ2n) is 4.21. The van der Waals surface area contributed by atoms with Crippen molar-refractivity contribution in [3.8, 4) is 0 Å². The molecule has 0 heterocycles. The van der Waals surface area contributed by atoms with E-state index in [2.05, 4.69) is 5.32 Å². The van der Waals surface area contributed by atoms with Crippen molar-refractivity contribution in [2.24, 2.45) is 5.73 Å². The maximum atomic E-state index is 9.33. The molecule has 4 nitrogen and oxygen atoms in total. The quantitative estimate of drug-likeness (QED) is 0.453. The molecule has 0 aromatic carbocycles. The molecule has 0 radical (unpaired) electrons. The maximum absolute atomic E-state index is 9.33. The summed E-state index contributed by atoms with van der Waals surface area (Å²) in [4.78, 5) is 0. The van der Waals surface area contributed by atoms with Crippen molar-refractivity contribution in [1.29, 1.82) is 0 Å². The Hall–Kier alpha value is -0.160. The monoisotopic (exact) mass is 190 g/mol. The molecule has 0 spiro atoms. The highest BCUT2D eigenvalue weighted by molar-refractivity contribution is 4.81. The molecular formula is C9H22N2O2. The van der Waals surface area contributed by atoms with Crippen molar-refractivity contribution in [3.63, 3.8) is 0 Å². The van der Waals surface area contributed by atoms with Gasteiger partial charge in [0.25, 0.3) is 0 Å². The summed E-state index contributed by atoms with van der Waals surface area (Å²) in [6.07, 6.45) is -0.248. The molecule has 0 amide bonds. The number of hydrogen-bond acceptors (Lipinski definition) is 4. The standard InChI is InChI=1S/C9H22N2O2/c1-7(12)6-11-9(2,3)4-8(13)5-10/h7-8,11-13H,4-6,10H2,1-3H3. The Labute approximate surface area is 80.1 Å². The predicted molar refractivity (Wildman–Crippen MR) is 53.4 cm³/mol. The molecule has 2 atom stereocenters. The SMILES string of the molecule is CC(O)CNC(C)(C)CC(O)CN. The molecule has 0 rings (SSSR count). The highest BCUT2D eigenvalue weighted by Crippen LogP contribution is 2.10. The van der Waals surface area contributed by atoms with E-state index in [1.165, 1.54) is 0 Å². The average Bonchev–Trinajstić information content (AvgIpc) is 2.00. The Kier molecular flexibility index (Phi) is 5.48. The Morgan fingerprint density at radius 1 is 1.38 bits per heavy atom. The van der Waals surface area contributed by atoms with Crippen LogP contribution in [-0.2, 0) is 0 Å². The number of aliphatic hydroxyl groups excluding tert-OH is 2. The first kappa shape index (κ1) is 12.8. The molecule has 0 aliphatic heterocycles. The number of β-amino-alcohol motifs (C(OH)–C–C–N with tert-alkyl or cyclic N) is 1. The lowest BCUT2D eigenvalue weighted by atomic mass is 9.96. The van der Waals surface area contributed by atoms with Crippen molar-refractivity contribution < 1.29 is 10.2 Å².